The van der Waals surface area contributed by atoms with E-state index in [1.165, 1.54) is 0 Å². The first kappa shape index (κ1) is 22.3. The predicted octanol–water partition coefficient (Wildman–Crippen LogP) is -4.02. The molecule has 0 N–H and O–H groups in total. The van der Waals surface area contributed by atoms with Crippen LogP contribution in [0.5, 0.6) is 0 Å². The zero-order valence-corrected chi connectivity index (χ0v) is 11.4. The molecule has 17 heteroatoms. The summed E-state index contributed by atoms with van der Waals surface area (Å²) >= 11 is 0. The summed E-state index contributed by atoms with van der Waals surface area (Å²) in [5, 5.41) is 0. The normalized spacial score (nSPS) is 12.9. The van der Waals surface area contributed by atoms with Crippen LogP contribution >= 0.6 is 0 Å². The Bertz CT molecular complexity index is 503. The van der Waals surface area contributed by atoms with Crippen molar-refractivity contribution in [3.05, 3.63) is 0 Å². The van der Waals surface area contributed by atoms with E-state index in [0.29, 0.717) is 0 Å². The van der Waals surface area contributed by atoms with Gasteiger partial charge in [-0.25, -0.2) is 33.7 Å². The van der Waals surface area contributed by atoms with Gasteiger partial charge >= 0.3 is 17.1 Å². The van der Waals surface area contributed by atoms with Gasteiger partial charge in [-0.15, -0.1) is 0 Å². The predicted molar refractivity (Wildman–Crippen MR) is 38.8 cm³/mol. The molecule has 0 aliphatic heterocycles. The zero-order chi connectivity index (χ0) is 14.0. The van der Waals surface area contributed by atoms with Gasteiger partial charge in [0.15, 0.2) is 36.6 Å². The third kappa shape index (κ3) is 9.82. The molecule has 0 aromatic rings. The van der Waals surface area contributed by atoms with E-state index in [-0.39, 0.29) is 17.1 Å². The quantitative estimate of drug-likeness (QED) is 0.255. The van der Waals surface area contributed by atoms with E-state index in [1.807, 2.05) is 0 Å². The molecular formula is MnO12S4. The first-order valence-corrected chi connectivity index (χ1v) is 9.00. The van der Waals surface area contributed by atoms with E-state index < -0.39 is 36.6 Å². The molecule has 0 aromatic carbocycles. The molecule has 12 nitrogen and oxygen atoms in total. The summed E-state index contributed by atoms with van der Waals surface area (Å²) in [6, 6.07) is 0. The van der Waals surface area contributed by atoms with Gasteiger partial charge in [0.05, 0.1) is 0 Å². The summed E-state index contributed by atoms with van der Waals surface area (Å²) in [4.78, 5) is 0. The molecule has 0 aliphatic rings. The van der Waals surface area contributed by atoms with E-state index in [4.69, 9.17) is 0 Å². The van der Waals surface area contributed by atoms with Gasteiger partial charge in [-0.05, 0) is 0 Å². The van der Waals surface area contributed by atoms with Crippen LogP contribution in [0.3, 0.4) is 0 Å². The fraction of sp³-hybridized carbons (Fsp3) is 0. The molecule has 0 rings (SSSR count). The van der Waals surface area contributed by atoms with Crippen LogP contribution in [-0.4, -0.2) is 51.9 Å². The Labute approximate surface area is 105 Å². The Hall–Kier alpha value is 0.159. The standard InChI is InChI=1S/Mn.2H2O6S2/c;2*1-7(2,3)8(4,5)6/h;2*(H,1,2,3)(H,4,5,6)/q+4;;/p-4. The molecule has 0 aliphatic carbocycles. The maximum atomic E-state index is 9.20. The van der Waals surface area contributed by atoms with E-state index in [2.05, 4.69) is 0 Å². The number of rotatable bonds is 2. The molecule has 103 valence electrons. The molecule has 0 fully saturated rings. The van der Waals surface area contributed by atoms with Gasteiger partial charge in [-0.1, -0.05) is 0 Å². The van der Waals surface area contributed by atoms with Crippen LogP contribution in [-0.2, 0) is 53.7 Å². The van der Waals surface area contributed by atoms with Crippen LogP contribution in [0.15, 0.2) is 0 Å². The second-order valence-electron chi connectivity index (χ2n) is 1.63. The van der Waals surface area contributed by atoms with E-state index >= 15 is 0 Å². The van der Waals surface area contributed by atoms with Crippen molar-refractivity contribution >= 4 is 36.6 Å². The minimum atomic E-state index is -5.67. The molecule has 0 spiro atoms. The molecule has 0 unspecified atom stereocenters. The van der Waals surface area contributed by atoms with E-state index in [1.54, 1.807) is 0 Å². The molecule has 0 heterocycles. The van der Waals surface area contributed by atoms with Crippen molar-refractivity contribution in [2.45, 2.75) is 0 Å². The molecule has 0 saturated carbocycles. The summed E-state index contributed by atoms with van der Waals surface area (Å²) < 4.78 is 110. The number of hydrogen-bond acceptors (Lipinski definition) is 12. The van der Waals surface area contributed by atoms with Crippen LogP contribution < -0.4 is 0 Å². The fourth-order valence-electron chi connectivity index (χ4n) is 0. The van der Waals surface area contributed by atoms with Crippen molar-refractivity contribution in [2.24, 2.45) is 0 Å². The summed E-state index contributed by atoms with van der Waals surface area (Å²) in [7, 11) is -22.7. The van der Waals surface area contributed by atoms with Crippen molar-refractivity contribution in [3.63, 3.8) is 0 Å². The van der Waals surface area contributed by atoms with E-state index in [0.717, 1.165) is 0 Å². The third-order valence-corrected chi connectivity index (χ3v) is 4.50. The molecular weight excluding hydrogens is 375 g/mol. The molecule has 0 aromatic heterocycles. The fourth-order valence-corrected chi connectivity index (χ4v) is 0. The monoisotopic (exact) mass is 375 g/mol. The number of hydrogen-bond donors (Lipinski definition) is 0. The molecule has 0 bridgehead atoms. The first-order chi connectivity index (χ1) is 6.50. The van der Waals surface area contributed by atoms with Crippen molar-refractivity contribution < 1.29 is 69.0 Å². The molecule has 17 heavy (non-hydrogen) atoms. The molecule has 0 amide bonds. The van der Waals surface area contributed by atoms with Gasteiger partial charge in [0.1, 0.15) is 0 Å². The molecule has 0 atom stereocenters. The van der Waals surface area contributed by atoms with Crippen LogP contribution in [0, 0.1) is 0 Å². The maximum absolute atomic E-state index is 9.20. The van der Waals surface area contributed by atoms with Crippen LogP contribution in [0.2, 0.25) is 0 Å². The van der Waals surface area contributed by atoms with Crippen molar-refractivity contribution in [1.82, 2.24) is 0 Å². The maximum Gasteiger partial charge on any atom is 4.00 e. The van der Waals surface area contributed by atoms with Crippen molar-refractivity contribution in [1.29, 1.82) is 0 Å². The van der Waals surface area contributed by atoms with E-state index in [9.17, 15) is 51.9 Å². The summed E-state index contributed by atoms with van der Waals surface area (Å²) in [6.45, 7) is 0. The van der Waals surface area contributed by atoms with Crippen LogP contribution in [0.1, 0.15) is 0 Å². The summed E-state index contributed by atoms with van der Waals surface area (Å²) in [5.74, 6) is 0. The van der Waals surface area contributed by atoms with Crippen molar-refractivity contribution in [2.75, 3.05) is 0 Å². The Morgan fingerprint density at radius 2 is 0.471 bits per heavy atom. The minimum absolute atomic E-state index is 0. The van der Waals surface area contributed by atoms with Gasteiger partial charge in [0.2, 0.25) is 0 Å². The Morgan fingerprint density at radius 3 is 0.471 bits per heavy atom. The summed E-state index contributed by atoms with van der Waals surface area (Å²) in [6.07, 6.45) is 0. The Balaban J connectivity index is -0.000000218. The average molecular weight is 375 g/mol. The average Bonchev–Trinajstić information content (AvgIpc) is 1.77. The SMILES string of the molecule is O=S(=O)([O-])S(=O)(=O)[O-].O=S(=O)([O-])S(=O)(=O)[O-].[Mn+4]. The minimum Gasteiger partial charge on any atom is -0.736 e. The van der Waals surface area contributed by atoms with Gasteiger partial charge in [0.25, 0.3) is 0 Å². The topological polar surface area (TPSA) is 229 Å². The largest absolute Gasteiger partial charge is 4.00 e. The molecule has 1 radical (unpaired) electrons. The third-order valence-electron chi connectivity index (χ3n) is 0.500. The first-order valence-electron chi connectivity index (χ1n) is 2.33. The smallest absolute Gasteiger partial charge is 0.736 e. The van der Waals surface area contributed by atoms with Gasteiger partial charge in [-0.2, -0.15) is 0 Å². The molecule has 0 saturated heterocycles. The second kappa shape index (κ2) is 6.36. The second-order valence-corrected chi connectivity index (χ2v) is 9.80. The Kier molecular flexibility index (Phi) is 8.36. The van der Waals surface area contributed by atoms with Crippen LogP contribution in [0.4, 0.5) is 0 Å². The zero-order valence-electron chi connectivity index (χ0n) is 6.91. The summed E-state index contributed by atoms with van der Waals surface area (Å²) in [5.41, 5.74) is 0. The van der Waals surface area contributed by atoms with Gasteiger partial charge in [0, 0.05) is 0 Å². The van der Waals surface area contributed by atoms with Gasteiger partial charge < -0.3 is 18.2 Å². The van der Waals surface area contributed by atoms with Crippen LogP contribution in [0.25, 0.3) is 0 Å². The van der Waals surface area contributed by atoms with Crippen molar-refractivity contribution in [3.8, 4) is 0 Å². The Morgan fingerprint density at radius 1 is 0.412 bits per heavy atom. The van der Waals surface area contributed by atoms with Gasteiger partial charge in [-0.3, -0.25) is 0 Å².